The number of halogens is 1. The Morgan fingerprint density at radius 2 is 2.04 bits per heavy atom. The first-order valence-electron chi connectivity index (χ1n) is 7.28. The van der Waals surface area contributed by atoms with Crippen LogP contribution in [0, 0.1) is 5.82 Å². The highest BCUT2D eigenvalue weighted by atomic mass is 32.2. The number of rotatable bonds is 4. The number of pyridine rings is 1. The molecule has 2 aromatic rings. The lowest BCUT2D eigenvalue weighted by molar-refractivity contribution is 0.102. The summed E-state index contributed by atoms with van der Waals surface area (Å²) in [6, 6.07) is 6.90. The molecule has 1 aromatic heterocycles. The third kappa shape index (κ3) is 3.44. The van der Waals surface area contributed by atoms with E-state index in [0.717, 1.165) is 18.9 Å². The van der Waals surface area contributed by atoms with Gasteiger partial charge in [0.05, 0.1) is 4.90 Å². The topological polar surface area (TPSA) is 102 Å². The molecule has 0 bridgehead atoms. The molecule has 1 saturated carbocycles. The highest BCUT2D eigenvalue weighted by Gasteiger charge is 2.36. The average Bonchev–Trinajstić information content (AvgIpc) is 3.25. The molecule has 2 atom stereocenters. The molecular formula is C16H16FN3O3S. The summed E-state index contributed by atoms with van der Waals surface area (Å²) in [6.45, 7) is 0. The van der Waals surface area contributed by atoms with Crippen LogP contribution in [0.5, 0.6) is 0 Å². The summed E-state index contributed by atoms with van der Waals surface area (Å²) in [5.41, 5.74) is 6.73. The Balaban J connectivity index is 1.77. The molecule has 0 spiro atoms. The van der Waals surface area contributed by atoms with Crippen LogP contribution in [0.25, 0.3) is 0 Å². The standard InChI is InChI=1S/C16H16FN3O3S/c1-24(22,23)10-3-5-15(19-8-10)16(21)20-9-2-4-13(17)11(6-9)12-7-14(12)18/h2-6,8,12,14H,7,18H2,1H3,(H,20,21)/t12-,14-/m1/s1. The zero-order chi connectivity index (χ0) is 17.5. The first kappa shape index (κ1) is 16.5. The van der Waals surface area contributed by atoms with E-state index in [1.165, 1.54) is 24.3 Å². The molecule has 0 radical (unpaired) electrons. The largest absolute Gasteiger partial charge is 0.327 e. The number of benzene rings is 1. The Morgan fingerprint density at radius 3 is 2.58 bits per heavy atom. The normalized spacial score (nSPS) is 19.8. The van der Waals surface area contributed by atoms with Gasteiger partial charge in [-0.3, -0.25) is 4.79 Å². The number of nitrogens with one attached hydrogen (secondary N) is 1. The van der Waals surface area contributed by atoms with Gasteiger partial charge in [0.2, 0.25) is 0 Å². The molecule has 1 aliphatic rings. The van der Waals surface area contributed by atoms with Gasteiger partial charge in [-0.15, -0.1) is 0 Å². The maximum Gasteiger partial charge on any atom is 0.274 e. The van der Waals surface area contributed by atoms with Gasteiger partial charge in [-0.25, -0.2) is 17.8 Å². The Kier molecular flexibility index (Phi) is 4.10. The summed E-state index contributed by atoms with van der Waals surface area (Å²) in [5, 5.41) is 2.62. The first-order chi connectivity index (χ1) is 11.3. The van der Waals surface area contributed by atoms with Crippen molar-refractivity contribution >= 4 is 21.4 Å². The predicted molar refractivity (Wildman–Crippen MR) is 87.0 cm³/mol. The Labute approximate surface area is 138 Å². The number of carbonyl (C=O) groups excluding carboxylic acids is 1. The van der Waals surface area contributed by atoms with Crippen LogP contribution in [0.3, 0.4) is 0 Å². The zero-order valence-electron chi connectivity index (χ0n) is 12.9. The second-order valence-corrected chi connectivity index (χ2v) is 7.86. The summed E-state index contributed by atoms with van der Waals surface area (Å²) in [4.78, 5) is 16.1. The van der Waals surface area contributed by atoms with Gasteiger partial charge in [0, 0.05) is 30.1 Å². The van der Waals surface area contributed by atoms with E-state index in [-0.39, 0.29) is 28.4 Å². The first-order valence-corrected chi connectivity index (χ1v) is 9.17. The molecule has 1 aliphatic carbocycles. The summed E-state index contributed by atoms with van der Waals surface area (Å²) in [5.74, 6) is -0.872. The van der Waals surface area contributed by atoms with E-state index in [1.807, 2.05) is 0 Å². The fourth-order valence-corrected chi connectivity index (χ4v) is 2.97. The van der Waals surface area contributed by atoms with Crippen molar-refractivity contribution in [2.45, 2.75) is 23.3 Å². The summed E-state index contributed by atoms with van der Waals surface area (Å²) in [6.07, 6.45) is 2.92. The van der Waals surface area contributed by atoms with Crippen LogP contribution in [0.4, 0.5) is 10.1 Å². The predicted octanol–water partition coefficient (Wildman–Crippen LogP) is 1.69. The van der Waals surface area contributed by atoms with Crippen molar-refractivity contribution in [3.05, 3.63) is 53.6 Å². The zero-order valence-corrected chi connectivity index (χ0v) is 13.7. The van der Waals surface area contributed by atoms with Crippen molar-refractivity contribution < 1.29 is 17.6 Å². The molecule has 0 unspecified atom stereocenters. The van der Waals surface area contributed by atoms with Crippen LogP contribution >= 0.6 is 0 Å². The highest BCUT2D eigenvalue weighted by Crippen LogP contribution is 2.41. The van der Waals surface area contributed by atoms with E-state index in [1.54, 1.807) is 6.07 Å². The van der Waals surface area contributed by atoms with Crippen LogP contribution in [0.2, 0.25) is 0 Å². The van der Waals surface area contributed by atoms with E-state index in [2.05, 4.69) is 10.3 Å². The number of hydrogen-bond donors (Lipinski definition) is 2. The molecule has 3 N–H and O–H groups in total. The van der Waals surface area contributed by atoms with E-state index in [0.29, 0.717) is 11.3 Å². The van der Waals surface area contributed by atoms with Crippen LogP contribution in [-0.2, 0) is 9.84 Å². The molecule has 3 rings (SSSR count). The Morgan fingerprint density at radius 1 is 1.33 bits per heavy atom. The average molecular weight is 349 g/mol. The van der Waals surface area contributed by atoms with Crippen LogP contribution < -0.4 is 11.1 Å². The van der Waals surface area contributed by atoms with Gasteiger partial charge in [0.1, 0.15) is 11.5 Å². The fourth-order valence-electron chi connectivity index (χ4n) is 2.41. The third-order valence-electron chi connectivity index (χ3n) is 3.89. The SMILES string of the molecule is CS(=O)(=O)c1ccc(C(=O)Nc2ccc(F)c([C@H]3C[C@H]3N)c2)nc1. The number of nitrogens with two attached hydrogens (primary N) is 1. The van der Waals surface area contributed by atoms with E-state index >= 15 is 0 Å². The third-order valence-corrected chi connectivity index (χ3v) is 4.99. The molecule has 126 valence electrons. The molecule has 1 heterocycles. The number of aromatic nitrogens is 1. The van der Waals surface area contributed by atoms with Gasteiger partial charge in [0.15, 0.2) is 9.84 Å². The van der Waals surface area contributed by atoms with Gasteiger partial charge < -0.3 is 11.1 Å². The van der Waals surface area contributed by atoms with E-state index in [9.17, 15) is 17.6 Å². The molecule has 24 heavy (non-hydrogen) atoms. The van der Waals surface area contributed by atoms with Crippen LogP contribution in [0.15, 0.2) is 41.4 Å². The lowest BCUT2D eigenvalue weighted by Crippen LogP contribution is -2.14. The van der Waals surface area contributed by atoms with Gasteiger partial charge in [-0.1, -0.05) is 0 Å². The second-order valence-electron chi connectivity index (χ2n) is 5.85. The number of nitrogens with zero attached hydrogens (tertiary/aromatic N) is 1. The Hall–Kier alpha value is -2.32. The van der Waals surface area contributed by atoms with Gasteiger partial charge in [-0.05, 0) is 42.3 Å². The molecule has 0 saturated heterocycles. The van der Waals surface area contributed by atoms with Crippen molar-refractivity contribution in [1.29, 1.82) is 0 Å². The number of amides is 1. The van der Waals surface area contributed by atoms with Gasteiger partial charge >= 0.3 is 0 Å². The minimum Gasteiger partial charge on any atom is -0.327 e. The van der Waals surface area contributed by atoms with Crippen molar-refractivity contribution in [2.75, 3.05) is 11.6 Å². The number of sulfone groups is 1. The second kappa shape index (κ2) is 5.95. The van der Waals surface area contributed by atoms with Crippen molar-refractivity contribution in [3.63, 3.8) is 0 Å². The minimum absolute atomic E-state index is 0.0194. The van der Waals surface area contributed by atoms with E-state index in [4.69, 9.17) is 5.73 Å². The van der Waals surface area contributed by atoms with Crippen LogP contribution in [-0.4, -0.2) is 31.6 Å². The maximum atomic E-state index is 13.8. The lowest BCUT2D eigenvalue weighted by atomic mass is 10.1. The van der Waals surface area contributed by atoms with Crippen LogP contribution in [0.1, 0.15) is 28.4 Å². The van der Waals surface area contributed by atoms with Crippen molar-refractivity contribution in [2.24, 2.45) is 5.73 Å². The molecule has 1 aromatic carbocycles. The number of carbonyl (C=O) groups is 1. The fraction of sp³-hybridized carbons (Fsp3) is 0.250. The molecule has 1 fully saturated rings. The summed E-state index contributed by atoms with van der Waals surface area (Å²) in [7, 11) is -3.37. The molecule has 6 nitrogen and oxygen atoms in total. The van der Waals surface area contributed by atoms with Gasteiger partial charge in [-0.2, -0.15) is 0 Å². The molecule has 0 aliphatic heterocycles. The summed E-state index contributed by atoms with van der Waals surface area (Å²) >= 11 is 0. The molecule has 8 heteroatoms. The molecular weight excluding hydrogens is 333 g/mol. The minimum atomic E-state index is -3.37. The van der Waals surface area contributed by atoms with E-state index < -0.39 is 15.7 Å². The Bertz CT molecular complexity index is 897. The highest BCUT2D eigenvalue weighted by molar-refractivity contribution is 7.90. The quantitative estimate of drug-likeness (QED) is 0.874. The van der Waals surface area contributed by atoms with Gasteiger partial charge in [0.25, 0.3) is 5.91 Å². The van der Waals surface area contributed by atoms with Crippen molar-refractivity contribution in [3.8, 4) is 0 Å². The number of anilines is 1. The van der Waals surface area contributed by atoms with Crippen molar-refractivity contribution in [1.82, 2.24) is 4.98 Å². The maximum absolute atomic E-state index is 13.8. The summed E-state index contributed by atoms with van der Waals surface area (Å²) < 4.78 is 36.6. The lowest BCUT2D eigenvalue weighted by Gasteiger charge is -2.08. The molecule has 1 amide bonds. The monoisotopic (exact) mass is 349 g/mol. The number of hydrogen-bond acceptors (Lipinski definition) is 5. The smallest absolute Gasteiger partial charge is 0.274 e.